The third-order valence-corrected chi connectivity index (χ3v) is 7.60. The lowest BCUT2D eigenvalue weighted by Gasteiger charge is -2.27. The molecule has 4 rings (SSSR count). The van der Waals surface area contributed by atoms with E-state index in [0.717, 1.165) is 18.7 Å². The van der Waals surface area contributed by atoms with Crippen molar-refractivity contribution in [3.05, 3.63) is 46.2 Å². The Morgan fingerprint density at radius 2 is 1.97 bits per heavy atom. The first-order chi connectivity index (χ1) is 16.1. The summed E-state index contributed by atoms with van der Waals surface area (Å²) in [5.41, 5.74) is 1.07. The first kappa shape index (κ1) is 23.6. The van der Waals surface area contributed by atoms with Crippen molar-refractivity contribution >= 4 is 23.2 Å². The highest BCUT2D eigenvalue weighted by molar-refractivity contribution is 7.10. The van der Waals surface area contributed by atoms with E-state index in [-0.39, 0.29) is 30.2 Å². The summed E-state index contributed by atoms with van der Waals surface area (Å²) in [6, 6.07) is 10.2. The quantitative estimate of drug-likeness (QED) is 0.577. The molecule has 2 unspecified atom stereocenters. The molecule has 33 heavy (non-hydrogen) atoms. The summed E-state index contributed by atoms with van der Waals surface area (Å²) in [6.07, 6.45) is 3.41. The van der Waals surface area contributed by atoms with Gasteiger partial charge in [-0.2, -0.15) is 0 Å². The Kier molecular flexibility index (Phi) is 7.88. The lowest BCUT2D eigenvalue weighted by molar-refractivity contribution is -0.129. The van der Waals surface area contributed by atoms with E-state index in [1.165, 1.54) is 17.7 Å². The Hall–Kier alpha value is -2.58. The molecule has 178 valence electrons. The Labute approximate surface area is 199 Å². The molecular weight excluding hydrogens is 438 g/mol. The molecule has 2 saturated heterocycles. The van der Waals surface area contributed by atoms with Gasteiger partial charge in [0.15, 0.2) is 11.5 Å². The van der Waals surface area contributed by atoms with Gasteiger partial charge in [-0.25, -0.2) is 0 Å². The number of likely N-dealkylation sites (tertiary alicyclic amines) is 2. The lowest BCUT2D eigenvalue weighted by atomic mass is 10.1. The fourth-order valence-electron chi connectivity index (χ4n) is 4.75. The molecule has 0 spiro atoms. The van der Waals surface area contributed by atoms with Crippen LogP contribution in [-0.2, 0) is 16.0 Å². The number of carbonyl (C=O) groups is 2. The largest absolute Gasteiger partial charge is 0.493 e. The van der Waals surface area contributed by atoms with Crippen LogP contribution in [-0.4, -0.2) is 68.6 Å². The van der Waals surface area contributed by atoms with Crippen molar-refractivity contribution in [2.24, 2.45) is 5.92 Å². The number of nitrogens with zero attached hydrogens (tertiary/aromatic N) is 2. The summed E-state index contributed by atoms with van der Waals surface area (Å²) in [5, 5.41) is 5.24. The van der Waals surface area contributed by atoms with Crippen LogP contribution in [0.2, 0.25) is 0 Å². The fraction of sp³-hybridized carbons (Fsp3) is 0.520. The summed E-state index contributed by atoms with van der Waals surface area (Å²) >= 11 is 1.74. The molecule has 0 aliphatic carbocycles. The number of ether oxygens (including phenoxy) is 2. The third-order valence-electron chi connectivity index (χ3n) is 6.63. The Bertz CT molecular complexity index is 943. The number of nitrogens with one attached hydrogen (secondary N) is 1. The SMILES string of the molecule is COc1ccc(CCN2CC(C(=O)NCC(c3cccs3)N3CCCC3)CC2=O)cc1OC. The van der Waals surface area contributed by atoms with Crippen LogP contribution in [0, 0.1) is 5.92 Å². The van der Waals surface area contributed by atoms with Gasteiger partial charge in [-0.1, -0.05) is 12.1 Å². The number of thiophene rings is 1. The summed E-state index contributed by atoms with van der Waals surface area (Å²) in [7, 11) is 3.22. The van der Waals surface area contributed by atoms with Crippen molar-refractivity contribution in [3.8, 4) is 11.5 Å². The van der Waals surface area contributed by atoms with E-state index < -0.39 is 0 Å². The molecule has 2 amide bonds. The molecule has 1 aromatic heterocycles. The van der Waals surface area contributed by atoms with Gasteiger partial charge in [-0.05, 0) is 61.5 Å². The first-order valence-corrected chi connectivity index (χ1v) is 12.5. The Balaban J connectivity index is 1.29. The van der Waals surface area contributed by atoms with Crippen molar-refractivity contribution < 1.29 is 19.1 Å². The van der Waals surface area contributed by atoms with Crippen LogP contribution in [0.5, 0.6) is 11.5 Å². The first-order valence-electron chi connectivity index (χ1n) is 11.6. The van der Waals surface area contributed by atoms with Gasteiger partial charge >= 0.3 is 0 Å². The molecule has 0 saturated carbocycles. The minimum atomic E-state index is -0.287. The summed E-state index contributed by atoms with van der Waals surface area (Å²) in [5.74, 6) is 1.11. The highest BCUT2D eigenvalue weighted by Crippen LogP contribution is 2.29. The van der Waals surface area contributed by atoms with Gasteiger partial charge < -0.3 is 19.7 Å². The van der Waals surface area contributed by atoms with E-state index in [1.807, 2.05) is 18.2 Å². The Morgan fingerprint density at radius 1 is 1.18 bits per heavy atom. The number of hydrogen-bond acceptors (Lipinski definition) is 6. The van der Waals surface area contributed by atoms with E-state index in [1.54, 1.807) is 30.5 Å². The number of amides is 2. The number of hydrogen-bond donors (Lipinski definition) is 1. The highest BCUT2D eigenvalue weighted by Gasteiger charge is 2.34. The van der Waals surface area contributed by atoms with Crippen LogP contribution in [0.4, 0.5) is 0 Å². The summed E-state index contributed by atoms with van der Waals surface area (Å²) in [6.45, 7) is 3.80. The monoisotopic (exact) mass is 471 g/mol. The average molecular weight is 472 g/mol. The van der Waals surface area contributed by atoms with Gasteiger partial charge in [0.05, 0.1) is 26.2 Å². The van der Waals surface area contributed by atoms with Crippen molar-refractivity contribution in [3.63, 3.8) is 0 Å². The smallest absolute Gasteiger partial charge is 0.225 e. The van der Waals surface area contributed by atoms with Gasteiger partial charge in [0.2, 0.25) is 11.8 Å². The molecule has 2 aromatic rings. The molecule has 2 aliphatic rings. The van der Waals surface area contributed by atoms with Crippen molar-refractivity contribution in [2.45, 2.75) is 31.7 Å². The standard InChI is InChI=1S/C25H33N3O4S/c1-31-21-8-7-18(14-22(21)32-2)9-12-28-17-19(15-24(28)29)25(30)26-16-20(23-6-5-13-33-23)27-10-3-4-11-27/h5-8,13-14,19-20H,3-4,9-12,15-17H2,1-2H3,(H,26,30). The van der Waals surface area contributed by atoms with Crippen LogP contribution in [0.3, 0.4) is 0 Å². The van der Waals surface area contributed by atoms with E-state index in [4.69, 9.17) is 9.47 Å². The molecule has 1 aromatic carbocycles. The van der Waals surface area contributed by atoms with Crippen LogP contribution < -0.4 is 14.8 Å². The van der Waals surface area contributed by atoms with Crippen LogP contribution >= 0.6 is 11.3 Å². The molecule has 3 heterocycles. The van der Waals surface area contributed by atoms with E-state index in [0.29, 0.717) is 37.6 Å². The molecule has 1 N–H and O–H groups in total. The molecule has 2 aliphatic heterocycles. The summed E-state index contributed by atoms with van der Waals surface area (Å²) in [4.78, 5) is 31.0. The predicted molar refractivity (Wildman–Crippen MR) is 129 cm³/mol. The van der Waals surface area contributed by atoms with E-state index in [9.17, 15) is 9.59 Å². The van der Waals surface area contributed by atoms with Crippen LogP contribution in [0.15, 0.2) is 35.7 Å². The van der Waals surface area contributed by atoms with Gasteiger partial charge in [-0.15, -0.1) is 11.3 Å². The second-order valence-corrected chi connectivity index (χ2v) is 9.68. The molecule has 8 heteroatoms. The minimum absolute atomic E-state index is 0.0160. The topological polar surface area (TPSA) is 71.1 Å². The molecule has 2 fully saturated rings. The number of methoxy groups -OCH3 is 2. The van der Waals surface area contributed by atoms with E-state index in [2.05, 4.69) is 27.7 Å². The zero-order chi connectivity index (χ0) is 23.2. The van der Waals surface area contributed by atoms with Gasteiger partial charge in [-0.3, -0.25) is 14.5 Å². The second kappa shape index (κ2) is 11.0. The average Bonchev–Trinajstić information content (AvgIpc) is 3.61. The number of carbonyl (C=O) groups excluding carboxylic acids is 2. The maximum absolute atomic E-state index is 12.9. The molecule has 0 radical (unpaired) electrons. The van der Waals surface area contributed by atoms with Crippen molar-refractivity contribution in [2.75, 3.05) is 46.9 Å². The highest BCUT2D eigenvalue weighted by atomic mass is 32.1. The zero-order valence-electron chi connectivity index (χ0n) is 19.4. The predicted octanol–water partition coefficient (Wildman–Crippen LogP) is 3.11. The van der Waals surface area contributed by atoms with Crippen molar-refractivity contribution in [1.82, 2.24) is 15.1 Å². The van der Waals surface area contributed by atoms with E-state index >= 15 is 0 Å². The van der Waals surface area contributed by atoms with Gasteiger partial charge in [0.25, 0.3) is 0 Å². The van der Waals surface area contributed by atoms with Gasteiger partial charge in [0, 0.05) is 30.9 Å². The Morgan fingerprint density at radius 3 is 2.67 bits per heavy atom. The van der Waals surface area contributed by atoms with Crippen LogP contribution in [0.25, 0.3) is 0 Å². The molecular formula is C25H33N3O4S. The molecule has 2 atom stereocenters. The fourth-order valence-corrected chi connectivity index (χ4v) is 5.61. The second-order valence-electron chi connectivity index (χ2n) is 8.70. The number of benzene rings is 1. The zero-order valence-corrected chi connectivity index (χ0v) is 20.2. The maximum Gasteiger partial charge on any atom is 0.225 e. The van der Waals surface area contributed by atoms with Crippen LogP contribution in [0.1, 0.15) is 35.7 Å². The van der Waals surface area contributed by atoms with Gasteiger partial charge in [0.1, 0.15) is 0 Å². The maximum atomic E-state index is 12.9. The van der Waals surface area contributed by atoms with Crippen molar-refractivity contribution in [1.29, 1.82) is 0 Å². The third kappa shape index (κ3) is 5.68. The lowest BCUT2D eigenvalue weighted by Crippen LogP contribution is -2.39. The molecule has 7 nitrogen and oxygen atoms in total. The number of rotatable bonds is 10. The molecule has 0 bridgehead atoms. The normalized spacial score (nSPS) is 19.6. The minimum Gasteiger partial charge on any atom is -0.493 e. The summed E-state index contributed by atoms with van der Waals surface area (Å²) < 4.78 is 10.7.